The van der Waals surface area contributed by atoms with Crippen molar-refractivity contribution in [3.05, 3.63) is 32.8 Å². The third-order valence-electron chi connectivity index (χ3n) is 3.31. The smallest absolute Gasteiger partial charge is 0.274 e. The Labute approximate surface area is 122 Å². The molecule has 1 fully saturated rings. The lowest BCUT2D eigenvalue weighted by Crippen LogP contribution is -2.37. The van der Waals surface area contributed by atoms with Gasteiger partial charge >= 0.3 is 0 Å². The van der Waals surface area contributed by atoms with Gasteiger partial charge in [0.05, 0.1) is 17.6 Å². The van der Waals surface area contributed by atoms with Gasteiger partial charge in [-0.3, -0.25) is 10.1 Å². The summed E-state index contributed by atoms with van der Waals surface area (Å²) in [7, 11) is 0. The van der Waals surface area contributed by atoms with Crippen LogP contribution in [0, 0.1) is 15.5 Å². The molecule has 0 bridgehead atoms. The molecule has 0 atom stereocenters. The maximum Gasteiger partial charge on any atom is 0.274 e. The minimum atomic E-state index is -0.415. The zero-order valence-corrected chi connectivity index (χ0v) is 12.9. The Morgan fingerprint density at radius 1 is 1.39 bits per heavy atom. The molecule has 1 saturated carbocycles. The average molecular weight is 379 g/mol. The van der Waals surface area contributed by atoms with Crippen LogP contribution in [0.2, 0.25) is 0 Å². The van der Waals surface area contributed by atoms with Crippen LogP contribution in [0.4, 0.5) is 5.69 Å². The van der Waals surface area contributed by atoms with Gasteiger partial charge in [-0.2, -0.15) is 0 Å². The molecule has 0 spiro atoms. The summed E-state index contributed by atoms with van der Waals surface area (Å²) in [6, 6.07) is 4.69. The molecule has 1 aliphatic carbocycles. The molecular weight excluding hydrogens is 366 g/mol. The van der Waals surface area contributed by atoms with Crippen molar-refractivity contribution in [1.29, 1.82) is 0 Å². The Bertz CT molecular complexity index is 455. The monoisotopic (exact) mass is 377 g/mol. The van der Waals surface area contributed by atoms with Gasteiger partial charge in [-0.05, 0) is 18.9 Å². The van der Waals surface area contributed by atoms with Gasteiger partial charge in [0.2, 0.25) is 0 Å². The van der Waals surface area contributed by atoms with E-state index in [9.17, 15) is 10.1 Å². The number of alkyl halides is 1. The largest absolute Gasteiger partial charge is 0.493 e. The van der Waals surface area contributed by atoms with Crippen molar-refractivity contribution in [2.75, 3.05) is 11.9 Å². The van der Waals surface area contributed by atoms with Crippen molar-refractivity contribution < 1.29 is 9.66 Å². The Morgan fingerprint density at radius 2 is 2.11 bits per heavy atom. The van der Waals surface area contributed by atoms with E-state index in [0.29, 0.717) is 16.8 Å². The number of halogens is 2. The maximum absolute atomic E-state index is 10.8. The molecule has 0 aliphatic heterocycles. The maximum atomic E-state index is 10.8. The van der Waals surface area contributed by atoms with Crippen LogP contribution in [0.15, 0.2) is 22.7 Å². The normalized spacial score (nSPS) is 17.0. The fourth-order valence-corrected chi connectivity index (χ4v) is 3.15. The molecule has 4 nitrogen and oxygen atoms in total. The van der Waals surface area contributed by atoms with Gasteiger partial charge in [-0.1, -0.05) is 38.3 Å². The second-order valence-electron chi connectivity index (χ2n) is 4.68. The first kappa shape index (κ1) is 13.8. The summed E-state index contributed by atoms with van der Waals surface area (Å²) in [6.07, 6.45) is 3.52. The summed E-state index contributed by atoms with van der Waals surface area (Å²) in [5.41, 5.74) is 0.248. The van der Waals surface area contributed by atoms with E-state index < -0.39 is 4.92 Å². The fourth-order valence-electron chi connectivity index (χ4n) is 1.97. The summed E-state index contributed by atoms with van der Waals surface area (Å²) in [5.74, 6) is 0.545. The molecule has 1 aromatic rings. The van der Waals surface area contributed by atoms with E-state index in [1.54, 1.807) is 6.07 Å². The molecular formula is C12H13Br2NO3. The SMILES string of the molecule is O=[N+]([O-])c1cc(Br)cc(OCC2(CBr)CCC2)c1. The van der Waals surface area contributed by atoms with E-state index >= 15 is 0 Å². The number of rotatable bonds is 5. The van der Waals surface area contributed by atoms with Crippen LogP contribution in [0.5, 0.6) is 5.75 Å². The minimum Gasteiger partial charge on any atom is -0.493 e. The van der Waals surface area contributed by atoms with Crippen LogP contribution in [-0.4, -0.2) is 16.9 Å². The quantitative estimate of drug-likeness (QED) is 0.436. The third-order valence-corrected chi connectivity index (χ3v) is 4.96. The molecule has 98 valence electrons. The lowest BCUT2D eigenvalue weighted by atomic mass is 9.71. The number of nitrogens with zero attached hydrogens (tertiary/aromatic N) is 1. The lowest BCUT2D eigenvalue weighted by molar-refractivity contribution is -0.385. The van der Waals surface area contributed by atoms with Crippen LogP contribution >= 0.6 is 31.9 Å². The van der Waals surface area contributed by atoms with E-state index in [2.05, 4.69) is 31.9 Å². The highest BCUT2D eigenvalue weighted by atomic mass is 79.9. The molecule has 1 aromatic carbocycles. The number of ether oxygens (including phenoxy) is 1. The Hall–Kier alpha value is -0.620. The van der Waals surface area contributed by atoms with Crippen molar-refractivity contribution in [2.45, 2.75) is 19.3 Å². The summed E-state index contributed by atoms with van der Waals surface area (Å²) < 4.78 is 6.37. The lowest BCUT2D eigenvalue weighted by Gasteiger charge is -2.39. The Kier molecular flexibility index (Phi) is 4.27. The number of nitro groups is 1. The van der Waals surface area contributed by atoms with Crippen LogP contribution in [0.25, 0.3) is 0 Å². The second-order valence-corrected chi connectivity index (χ2v) is 6.15. The van der Waals surface area contributed by atoms with Gasteiger partial charge < -0.3 is 4.74 Å². The van der Waals surface area contributed by atoms with Crippen molar-refractivity contribution in [1.82, 2.24) is 0 Å². The molecule has 0 unspecified atom stereocenters. The highest BCUT2D eigenvalue weighted by Gasteiger charge is 2.36. The van der Waals surface area contributed by atoms with E-state index in [0.717, 1.165) is 18.2 Å². The minimum absolute atomic E-state index is 0.0425. The standard InChI is InChI=1S/C12H13Br2NO3/c13-7-12(2-1-3-12)8-18-11-5-9(14)4-10(6-11)15(16)17/h4-6H,1-3,7-8H2. The van der Waals surface area contributed by atoms with Crippen LogP contribution < -0.4 is 4.74 Å². The Morgan fingerprint density at radius 3 is 2.61 bits per heavy atom. The molecule has 0 N–H and O–H groups in total. The highest BCUT2D eigenvalue weighted by molar-refractivity contribution is 9.10. The number of nitro benzene ring substituents is 1. The molecule has 1 aliphatic rings. The van der Waals surface area contributed by atoms with Crippen LogP contribution in [0.3, 0.4) is 0 Å². The van der Waals surface area contributed by atoms with E-state index in [-0.39, 0.29) is 11.1 Å². The zero-order chi connectivity index (χ0) is 13.2. The molecule has 2 rings (SSSR count). The average Bonchev–Trinajstić information content (AvgIpc) is 2.27. The first-order chi connectivity index (χ1) is 8.54. The van der Waals surface area contributed by atoms with Crippen molar-refractivity contribution in [3.8, 4) is 5.75 Å². The molecule has 0 aromatic heterocycles. The van der Waals surface area contributed by atoms with Gasteiger partial charge in [0.15, 0.2) is 0 Å². The molecule has 0 heterocycles. The summed E-state index contributed by atoms with van der Waals surface area (Å²) in [6.45, 7) is 0.603. The molecule has 0 saturated heterocycles. The summed E-state index contributed by atoms with van der Waals surface area (Å²) in [5, 5.41) is 11.7. The molecule has 0 radical (unpaired) electrons. The number of non-ortho nitro benzene ring substituents is 1. The van der Waals surface area contributed by atoms with Crippen LogP contribution in [-0.2, 0) is 0 Å². The Balaban J connectivity index is 2.07. The van der Waals surface area contributed by atoms with Gasteiger partial charge in [-0.25, -0.2) is 0 Å². The van der Waals surface area contributed by atoms with Crippen molar-refractivity contribution in [2.24, 2.45) is 5.41 Å². The van der Waals surface area contributed by atoms with Gasteiger partial charge in [0, 0.05) is 21.3 Å². The summed E-state index contributed by atoms with van der Waals surface area (Å²) in [4.78, 5) is 10.3. The van der Waals surface area contributed by atoms with Crippen molar-refractivity contribution >= 4 is 37.5 Å². The fraction of sp³-hybridized carbons (Fsp3) is 0.500. The highest BCUT2D eigenvalue weighted by Crippen LogP contribution is 2.42. The van der Waals surface area contributed by atoms with E-state index in [1.807, 2.05) is 0 Å². The second kappa shape index (κ2) is 5.57. The molecule has 0 amide bonds. The van der Waals surface area contributed by atoms with E-state index in [1.165, 1.54) is 18.6 Å². The number of hydrogen-bond donors (Lipinski definition) is 0. The number of hydrogen-bond acceptors (Lipinski definition) is 3. The summed E-state index contributed by atoms with van der Waals surface area (Å²) >= 11 is 6.77. The molecule has 6 heteroatoms. The van der Waals surface area contributed by atoms with Crippen molar-refractivity contribution in [3.63, 3.8) is 0 Å². The van der Waals surface area contributed by atoms with Gasteiger partial charge in [0.1, 0.15) is 5.75 Å². The van der Waals surface area contributed by atoms with Gasteiger partial charge in [0.25, 0.3) is 5.69 Å². The van der Waals surface area contributed by atoms with Crippen LogP contribution in [0.1, 0.15) is 19.3 Å². The topological polar surface area (TPSA) is 52.4 Å². The third kappa shape index (κ3) is 3.03. The predicted octanol–water partition coefficient (Wildman–Crippen LogP) is 4.30. The molecule has 18 heavy (non-hydrogen) atoms. The zero-order valence-electron chi connectivity index (χ0n) is 9.70. The first-order valence-corrected chi connectivity index (χ1v) is 7.60. The van der Waals surface area contributed by atoms with E-state index in [4.69, 9.17) is 4.74 Å². The predicted molar refractivity (Wildman–Crippen MR) is 76.4 cm³/mol. The number of benzene rings is 1. The first-order valence-electron chi connectivity index (χ1n) is 5.68. The van der Waals surface area contributed by atoms with Gasteiger partial charge in [-0.15, -0.1) is 0 Å².